The number of nitrogens with two attached hydrogens (primary N) is 1. The van der Waals surface area contributed by atoms with Crippen LogP contribution in [0.15, 0.2) is 22.7 Å². The molecule has 0 bridgehead atoms. The second-order valence-corrected chi connectivity index (χ2v) is 4.89. The smallest absolute Gasteiger partial charge is 0.312 e. The standard InChI is InChI=1S/C12H11BrN4O3/c1-6-11(14)15-7(2)16-12(6)20-10-8(13)4-3-5-9(10)17(18)19/h3-5H,1-2H3,(H2,14,15,16). The first kappa shape index (κ1) is 14.2. The Kier molecular flexibility index (Phi) is 3.84. The second-order valence-electron chi connectivity index (χ2n) is 4.03. The Labute approximate surface area is 123 Å². The Morgan fingerprint density at radius 3 is 2.70 bits per heavy atom. The molecule has 0 saturated carbocycles. The summed E-state index contributed by atoms with van der Waals surface area (Å²) in [6.07, 6.45) is 0. The van der Waals surface area contributed by atoms with Gasteiger partial charge in [-0.15, -0.1) is 0 Å². The van der Waals surface area contributed by atoms with E-state index in [1.807, 2.05) is 0 Å². The fraction of sp³-hybridized carbons (Fsp3) is 0.167. The largest absolute Gasteiger partial charge is 0.430 e. The topological polar surface area (TPSA) is 104 Å². The van der Waals surface area contributed by atoms with E-state index in [0.717, 1.165) is 0 Å². The van der Waals surface area contributed by atoms with Crippen molar-refractivity contribution in [3.63, 3.8) is 0 Å². The molecule has 0 saturated heterocycles. The lowest BCUT2D eigenvalue weighted by Gasteiger charge is -2.11. The molecular formula is C12H11BrN4O3. The number of aromatic nitrogens is 2. The Morgan fingerprint density at radius 1 is 1.35 bits per heavy atom. The zero-order valence-corrected chi connectivity index (χ0v) is 12.3. The summed E-state index contributed by atoms with van der Waals surface area (Å²) in [6.45, 7) is 3.35. The lowest BCUT2D eigenvalue weighted by Crippen LogP contribution is -2.03. The molecule has 0 unspecified atom stereocenters. The van der Waals surface area contributed by atoms with Crippen LogP contribution in [0, 0.1) is 24.0 Å². The highest BCUT2D eigenvalue weighted by molar-refractivity contribution is 9.10. The van der Waals surface area contributed by atoms with Crippen LogP contribution in [0.3, 0.4) is 0 Å². The molecule has 20 heavy (non-hydrogen) atoms. The number of ether oxygens (including phenoxy) is 1. The molecule has 0 amide bonds. The monoisotopic (exact) mass is 338 g/mol. The van der Waals surface area contributed by atoms with Gasteiger partial charge in [0, 0.05) is 6.07 Å². The highest BCUT2D eigenvalue weighted by Crippen LogP contribution is 2.38. The molecular weight excluding hydrogens is 328 g/mol. The van der Waals surface area contributed by atoms with Crippen molar-refractivity contribution >= 4 is 27.4 Å². The van der Waals surface area contributed by atoms with Crippen LogP contribution in [-0.4, -0.2) is 14.9 Å². The maximum Gasteiger partial charge on any atom is 0.312 e. The van der Waals surface area contributed by atoms with Crippen molar-refractivity contribution in [1.82, 2.24) is 9.97 Å². The third-order valence-corrected chi connectivity index (χ3v) is 3.22. The van der Waals surface area contributed by atoms with Crippen LogP contribution < -0.4 is 10.5 Å². The van der Waals surface area contributed by atoms with Gasteiger partial charge < -0.3 is 10.5 Å². The molecule has 2 N–H and O–H groups in total. The zero-order chi connectivity index (χ0) is 14.9. The minimum Gasteiger partial charge on any atom is -0.430 e. The molecule has 0 aliphatic carbocycles. The molecule has 8 heteroatoms. The fourth-order valence-corrected chi connectivity index (χ4v) is 2.00. The van der Waals surface area contributed by atoms with E-state index >= 15 is 0 Å². The van der Waals surface area contributed by atoms with Gasteiger partial charge >= 0.3 is 5.69 Å². The lowest BCUT2D eigenvalue weighted by atomic mass is 10.3. The van der Waals surface area contributed by atoms with Gasteiger partial charge in [-0.05, 0) is 35.8 Å². The summed E-state index contributed by atoms with van der Waals surface area (Å²) in [5.74, 6) is 0.989. The van der Waals surface area contributed by atoms with Crippen LogP contribution in [0.25, 0.3) is 0 Å². The van der Waals surface area contributed by atoms with Gasteiger partial charge in [-0.25, -0.2) is 4.98 Å². The number of hydrogen-bond donors (Lipinski definition) is 1. The van der Waals surface area contributed by atoms with E-state index in [0.29, 0.717) is 15.9 Å². The van der Waals surface area contributed by atoms with Crippen molar-refractivity contribution in [3.05, 3.63) is 44.2 Å². The number of para-hydroxylation sites is 1. The average molecular weight is 339 g/mol. The average Bonchev–Trinajstić information content (AvgIpc) is 2.37. The third-order valence-electron chi connectivity index (χ3n) is 2.59. The first-order valence-corrected chi connectivity index (χ1v) is 6.41. The van der Waals surface area contributed by atoms with Gasteiger partial charge in [0.15, 0.2) is 0 Å². The fourth-order valence-electron chi connectivity index (χ4n) is 1.56. The molecule has 0 aliphatic heterocycles. The number of nitro groups is 1. The predicted molar refractivity (Wildman–Crippen MR) is 76.8 cm³/mol. The molecule has 0 aliphatic rings. The number of anilines is 1. The van der Waals surface area contributed by atoms with Gasteiger partial charge in [-0.2, -0.15) is 4.98 Å². The van der Waals surface area contributed by atoms with Gasteiger partial charge in [0.1, 0.15) is 11.6 Å². The molecule has 1 aromatic heterocycles. The normalized spacial score (nSPS) is 10.3. The molecule has 0 radical (unpaired) electrons. The molecule has 104 valence electrons. The van der Waals surface area contributed by atoms with Gasteiger partial charge in [0.05, 0.1) is 15.0 Å². The molecule has 1 heterocycles. The Hall–Kier alpha value is -2.22. The van der Waals surface area contributed by atoms with E-state index < -0.39 is 4.92 Å². The Balaban J connectivity index is 2.53. The highest BCUT2D eigenvalue weighted by Gasteiger charge is 2.20. The van der Waals surface area contributed by atoms with Crippen LogP contribution >= 0.6 is 15.9 Å². The zero-order valence-electron chi connectivity index (χ0n) is 10.8. The number of nitrogen functional groups attached to an aromatic ring is 1. The predicted octanol–water partition coefficient (Wildman–Crippen LogP) is 3.14. The van der Waals surface area contributed by atoms with Crippen LogP contribution in [0.4, 0.5) is 11.5 Å². The number of benzene rings is 1. The van der Waals surface area contributed by atoms with Gasteiger partial charge in [0.2, 0.25) is 11.6 Å². The molecule has 0 spiro atoms. The van der Waals surface area contributed by atoms with Crippen molar-refractivity contribution in [2.24, 2.45) is 0 Å². The quantitative estimate of drug-likeness (QED) is 0.680. The summed E-state index contributed by atoms with van der Waals surface area (Å²) < 4.78 is 6.03. The minimum atomic E-state index is -0.521. The van der Waals surface area contributed by atoms with Crippen LogP contribution in [0.2, 0.25) is 0 Å². The maximum atomic E-state index is 11.0. The van der Waals surface area contributed by atoms with Crippen molar-refractivity contribution in [2.45, 2.75) is 13.8 Å². The summed E-state index contributed by atoms with van der Waals surface area (Å²) in [4.78, 5) is 18.6. The molecule has 1 aromatic carbocycles. The summed E-state index contributed by atoms with van der Waals surface area (Å²) in [7, 11) is 0. The number of nitrogens with zero attached hydrogens (tertiary/aromatic N) is 3. The molecule has 7 nitrogen and oxygen atoms in total. The van der Waals surface area contributed by atoms with Gasteiger partial charge in [-0.3, -0.25) is 10.1 Å². The number of nitro benzene ring substituents is 1. The van der Waals surface area contributed by atoms with Crippen molar-refractivity contribution in [3.8, 4) is 11.6 Å². The molecule has 2 rings (SSSR count). The van der Waals surface area contributed by atoms with E-state index in [2.05, 4.69) is 25.9 Å². The van der Waals surface area contributed by atoms with E-state index in [9.17, 15) is 10.1 Å². The molecule has 2 aromatic rings. The lowest BCUT2D eigenvalue weighted by molar-refractivity contribution is -0.385. The van der Waals surface area contributed by atoms with Gasteiger partial charge in [-0.1, -0.05) is 6.07 Å². The van der Waals surface area contributed by atoms with Crippen molar-refractivity contribution in [1.29, 1.82) is 0 Å². The number of hydrogen-bond acceptors (Lipinski definition) is 6. The Morgan fingerprint density at radius 2 is 2.05 bits per heavy atom. The third kappa shape index (κ3) is 2.69. The molecule has 0 fully saturated rings. The van der Waals surface area contributed by atoms with Crippen molar-refractivity contribution < 1.29 is 9.66 Å². The Bertz CT molecular complexity index is 691. The summed E-state index contributed by atoms with van der Waals surface area (Å²) >= 11 is 3.23. The highest BCUT2D eigenvalue weighted by atomic mass is 79.9. The minimum absolute atomic E-state index is 0.0816. The van der Waals surface area contributed by atoms with Crippen LogP contribution in [-0.2, 0) is 0 Å². The second kappa shape index (κ2) is 5.41. The summed E-state index contributed by atoms with van der Waals surface area (Å²) in [5, 5.41) is 11.0. The molecule has 0 atom stereocenters. The number of aryl methyl sites for hydroxylation is 1. The van der Waals surface area contributed by atoms with Crippen LogP contribution in [0.1, 0.15) is 11.4 Å². The van der Waals surface area contributed by atoms with Crippen LogP contribution in [0.5, 0.6) is 11.6 Å². The maximum absolute atomic E-state index is 11.0. The summed E-state index contributed by atoms with van der Waals surface area (Å²) in [6, 6.07) is 4.56. The first-order chi connectivity index (χ1) is 9.40. The van der Waals surface area contributed by atoms with Crippen molar-refractivity contribution in [2.75, 3.05) is 5.73 Å². The van der Waals surface area contributed by atoms with E-state index in [1.165, 1.54) is 6.07 Å². The van der Waals surface area contributed by atoms with Gasteiger partial charge in [0.25, 0.3) is 0 Å². The number of halogens is 1. The van der Waals surface area contributed by atoms with E-state index in [1.54, 1.807) is 26.0 Å². The summed E-state index contributed by atoms with van der Waals surface area (Å²) in [5.41, 5.74) is 6.10. The van der Waals surface area contributed by atoms with E-state index in [4.69, 9.17) is 10.5 Å². The van der Waals surface area contributed by atoms with E-state index in [-0.39, 0.29) is 23.1 Å². The SMILES string of the molecule is Cc1nc(N)c(C)c(Oc2c(Br)cccc2[N+](=O)[O-])n1. The first-order valence-electron chi connectivity index (χ1n) is 5.61. The number of rotatable bonds is 3.